The number of benzene rings is 1. The maximum atomic E-state index is 9.05. The number of nitrogens with zero attached hydrogens (tertiary/aromatic N) is 1. The zero-order chi connectivity index (χ0) is 14.4. The number of amidine groups is 1. The number of hydrogen-bond donors (Lipinski definition) is 4. The second-order valence-electron chi connectivity index (χ2n) is 5.59. The van der Waals surface area contributed by atoms with Crippen molar-refractivity contribution in [3.8, 4) is 0 Å². The van der Waals surface area contributed by atoms with Crippen molar-refractivity contribution in [2.45, 2.75) is 25.2 Å². The molecular weight excluding hydrogens is 254 g/mol. The fourth-order valence-corrected chi connectivity index (χ4v) is 2.56. The van der Waals surface area contributed by atoms with E-state index in [0.717, 1.165) is 18.5 Å². The molecule has 1 fully saturated rings. The Hall–Kier alpha value is -1.59. The van der Waals surface area contributed by atoms with Crippen molar-refractivity contribution in [2.24, 2.45) is 16.3 Å². The lowest BCUT2D eigenvalue weighted by molar-refractivity contribution is 0.245. The number of aliphatic hydroxyl groups excluding tert-OH is 1. The van der Waals surface area contributed by atoms with E-state index >= 15 is 0 Å². The van der Waals surface area contributed by atoms with Crippen LogP contribution in [0, 0.1) is 5.41 Å². The lowest BCUT2D eigenvalue weighted by atomic mass is 9.97. The number of nitrogens with two attached hydrogens (primary N) is 1. The van der Waals surface area contributed by atoms with Crippen molar-refractivity contribution in [1.82, 2.24) is 5.32 Å². The van der Waals surface area contributed by atoms with Crippen molar-refractivity contribution in [3.63, 3.8) is 0 Å². The van der Waals surface area contributed by atoms with E-state index in [-0.39, 0.29) is 23.8 Å². The van der Waals surface area contributed by atoms with Gasteiger partial charge in [-0.05, 0) is 30.2 Å². The highest BCUT2D eigenvalue weighted by atomic mass is 16.4. The fourth-order valence-electron chi connectivity index (χ4n) is 2.56. The average molecular weight is 277 g/mol. The van der Waals surface area contributed by atoms with Crippen LogP contribution in [-0.2, 0) is 0 Å². The van der Waals surface area contributed by atoms with Gasteiger partial charge in [-0.2, -0.15) is 0 Å². The van der Waals surface area contributed by atoms with Crippen molar-refractivity contribution >= 4 is 5.84 Å². The van der Waals surface area contributed by atoms with Gasteiger partial charge in [0.1, 0.15) is 5.84 Å². The molecule has 5 nitrogen and oxygen atoms in total. The molecule has 5 N–H and O–H groups in total. The molecule has 1 atom stereocenters. The lowest BCUT2D eigenvalue weighted by Crippen LogP contribution is -2.34. The predicted octanol–water partition coefficient (Wildman–Crippen LogP) is 1.27. The second-order valence-corrected chi connectivity index (χ2v) is 5.59. The van der Waals surface area contributed by atoms with Crippen molar-refractivity contribution in [3.05, 3.63) is 35.9 Å². The van der Waals surface area contributed by atoms with Crippen LogP contribution >= 0.6 is 0 Å². The molecule has 0 radical (unpaired) electrons. The molecule has 1 aromatic carbocycles. The lowest BCUT2D eigenvalue weighted by Gasteiger charge is -2.20. The standard InChI is InChI=1S/C15H23N3O2/c16-14(18-20)13(12-4-2-1-3-5-12)10-17-11-15(6-7-15)8-9-19/h1-5,13,17,19-20H,6-11H2,(H2,16,18). The highest BCUT2D eigenvalue weighted by Crippen LogP contribution is 2.47. The van der Waals surface area contributed by atoms with Gasteiger partial charge in [-0.25, -0.2) is 0 Å². The summed E-state index contributed by atoms with van der Waals surface area (Å²) >= 11 is 0. The van der Waals surface area contributed by atoms with Gasteiger partial charge in [-0.1, -0.05) is 35.5 Å². The van der Waals surface area contributed by atoms with E-state index in [4.69, 9.17) is 16.0 Å². The molecule has 0 saturated heterocycles. The van der Waals surface area contributed by atoms with Crippen LogP contribution in [0.5, 0.6) is 0 Å². The highest BCUT2D eigenvalue weighted by molar-refractivity contribution is 5.87. The van der Waals surface area contributed by atoms with Gasteiger partial charge >= 0.3 is 0 Å². The summed E-state index contributed by atoms with van der Waals surface area (Å²) in [5, 5.41) is 24.5. The summed E-state index contributed by atoms with van der Waals surface area (Å²) in [6, 6.07) is 9.79. The third kappa shape index (κ3) is 3.71. The molecule has 0 bridgehead atoms. The Morgan fingerprint density at radius 2 is 2.05 bits per heavy atom. The number of hydrogen-bond acceptors (Lipinski definition) is 4. The quantitative estimate of drug-likeness (QED) is 0.249. The molecule has 0 aromatic heterocycles. The molecular formula is C15H23N3O2. The number of oxime groups is 1. The van der Waals surface area contributed by atoms with E-state index in [1.54, 1.807) is 0 Å². The SMILES string of the molecule is N/C(=N/O)C(CNCC1(CCO)CC1)c1ccccc1. The minimum absolute atomic E-state index is 0.133. The Balaban J connectivity index is 1.92. The zero-order valence-electron chi connectivity index (χ0n) is 11.6. The summed E-state index contributed by atoms with van der Waals surface area (Å²) < 4.78 is 0. The van der Waals surface area contributed by atoms with E-state index in [9.17, 15) is 0 Å². The summed E-state index contributed by atoms with van der Waals surface area (Å²) in [5.74, 6) is 0.0850. The first-order valence-corrected chi connectivity index (χ1v) is 7.05. The Morgan fingerprint density at radius 3 is 2.60 bits per heavy atom. The van der Waals surface area contributed by atoms with Gasteiger partial charge in [0.25, 0.3) is 0 Å². The molecule has 0 heterocycles. The van der Waals surface area contributed by atoms with Gasteiger partial charge in [-0.3, -0.25) is 0 Å². The van der Waals surface area contributed by atoms with Gasteiger partial charge in [0, 0.05) is 19.7 Å². The van der Waals surface area contributed by atoms with Crippen LogP contribution in [-0.4, -0.2) is 35.8 Å². The smallest absolute Gasteiger partial charge is 0.147 e. The van der Waals surface area contributed by atoms with Gasteiger partial charge in [0.2, 0.25) is 0 Å². The van der Waals surface area contributed by atoms with Crippen molar-refractivity contribution in [1.29, 1.82) is 0 Å². The van der Waals surface area contributed by atoms with Crippen LogP contribution < -0.4 is 11.1 Å². The fraction of sp³-hybridized carbons (Fsp3) is 0.533. The van der Waals surface area contributed by atoms with E-state index in [2.05, 4.69) is 10.5 Å². The van der Waals surface area contributed by atoms with Crippen LogP contribution in [0.4, 0.5) is 0 Å². The summed E-state index contributed by atoms with van der Waals surface area (Å²) in [6.07, 6.45) is 3.18. The van der Waals surface area contributed by atoms with Gasteiger partial charge in [0.05, 0.1) is 5.92 Å². The number of aliphatic hydroxyl groups is 1. The van der Waals surface area contributed by atoms with Crippen LogP contribution in [0.1, 0.15) is 30.7 Å². The van der Waals surface area contributed by atoms with Gasteiger partial charge < -0.3 is 21.4 Å². The zero-order valence-corrected chi connectivity index (χ0v) is 11.6. The number of nitrogens with one attached hydrogen (secondary N) is 1. The monoisotopic (exact) mass is 277 g/mol. The number of rotatable bonds is 8. The molecule has 0 spiro atoms. The Bertz CT molecular complexity index is 444. The van der Waals surface area contributed by atoms with Crippen LogP contribution in [0.25, 0.3) is 0 Å². The van der Waals surface area contributed by atoms with Crippen molar-refractivity contribution < 1.29 is 10.3 Å². The maximum Gasteiger partial charge on any atom is 0.147 e. The van der Waals surface area contributed by atoms with Crippen LogP contribution in [0.15, 0.2) is 35.5 Å². The molecule has 0 amide bonds. The average Bonchev–Trinajstić information content (AvgIpc) is 3.24. The van der Waals surface area contributed by atoms with Crippen molar-refractivity contribution in [2.75, 3.05) is 19.7 Å². The Morgan fingerprint density at radius 1 is 1.35 bits per heavy atom. The summed E-state index contributed by atoms with van der Waals surface area (Å²) in [4.78, 5) is 0. The van der Waals surface area contributed by atoms with Gasteiger partial charge in [-0.15, -0.1) is 0 Å². The largest absolute Gasteiger partial charge is 0.409 e. The molecule has 20 heavy (non-hydrogen) atoms. The third-order valence-corrected chi connectivity index (χ3v) is 4.12. The maximum absolute atomic E-state index is 9.05. The molecule has 110 valence electrons. The highest BCUT2D eigenvalue weighted by Gasteiger charge is 2.41. The Kier molecular flexibility index (Phi) is 4.98. The minimum Gasteiger partial charge on any atom is -0.409 e. The first-order valence-electron chi connectivity index (χ1n) is 7.05. The summed E-state index contributed by atoms with van der Waals surface area (Å²) in [6.45, 7) is 1.74. The van der Waals surface area contributed by atoms with E-state index in [0.29, 0.717) is 6.54 Å². The predicted molar refractivity (Wildman–Crippen MR) is 78.8 cm³/mol. The van der Waals surface area contributed by atoms with E-state index in [1.807, 2.05) is 30.3 Å². The molecule has 1 aliphatic rings. The molecule has 1 unspecified atom stereocenters. The van der Waals surface area contributed by atoms with Gasteiger partial charge in [0.15, 0.2) is 0 Å². The molecule has 1 aromatic rings. The first-order chi connectivity index (χ1) is 9.71. The topological polar surface area (TPSA) is 90.9 Å². The molecule has 1 saturated carbocycles. The second kappa shape index (κ2) is 6.72. The Labute approximate surface area is 119 Å². The first kappa shape index (κ1) is 14.8. The van der Waals surface area contributed by atoms with Crippen LogP contribution in [0.3, 0.4) is 0 Å². The summed E-state index contributed by atoms with van der Waals surface area (Å²) in [7, 11) is 0. The summed E-state index contributed by atoms with van der Waals surface area (Å²) in [5.41, 5.74) is 7.09. The minimum atomic E-state index is -0.133. The molecule has 2 rings (SSSR count). The normalized spacial score (nSPS) is 18.8. The van der Waals surface area contributed by atoms with E-state index in [1.165, 1.54) is 12.8 Å². The molecule has 5 heteroatoms. The van der Waals surface area contributed by atoms with Crippen LogP contribution in [0.2, 0.25) is 0 Å². The molecule has 1 aliphatic carbocycles. The van der Waals surface area contributed by atoms with E-state index < -0.39 is 0 Å². The third-order valence-electron chi connectivity index (χ3n) is 4.12. The molecule has 0 aliphatic heterocycles.